The van der Waals surface area contributed by atoms with Crippen molar-refractivity contribution in [1.29, 1.82) is 0 Å². The van der Waals surface area contributed by atoms with Gasteiger partial charge in [0.25, 0.3) is 0 Å². The fourth-order valence-electron chi connectivity index (χ4n) is 1.94. The summed E-state index contributed by atoms with van der Waals surface area (Å²) in [6, 6.07) is 0. The van der Waals surface area contributed by atoms with Gasteiger partial charge in [-0.2, -0.15) is 0 Å². The highest BCUT2D eigenvalue weighted by atomic mass is 16.3. The van der Waals surface area contributed by atoms with Gasteiger partial charge < -0.3 is 15.5 Å². The molecule has 0 heterocycles. The average molecular weight is 215 g/mol. The van der Waals surface area contributed by atoms with Crippen LogP contribution in [-0.2, 0) is 0 Å². The van der Waals surface area contributed by atoms with E-state index in [0.29, 0.717) is 6.61 Å². The number of rotatable bonds is 8. The summed E-state index contributed by atoms with van der Waals surface area (Å²) in [4.78, 5) is 0. The van der Waals surface area contributed by atoms with E-state index in [4.69, 9.17) is 5.11 Å². The third-order valence-electron chi connectivity index (χ3n) is 4.13. The Kier molecular flexibility index (Phi) is 4.56. The van der Waals surface area contributed by atoms with Crippen molar-refractivity contribution in [2.75, 3.05) is 26.3 Å². The Balaban J connectivity index is 2.28. The third kappa shape index (κ3) is 3.16. The van der Waals surface area contributed by atoms with Crippen LogP contribution < -0.4 is 5.32 Å². The van der Waals surface area contributed by atoms with Gasteiger partial charge in [0.05, 0.1) is 0 Å². The second-order valence-corrected chi connectivity index (χ2v) is 5.13. The number of hydrogen-bond acceptors (Lipinski definition) is 3. The van der Waals surface area contributed by atoms with E-state index in [0.717, 1.165) is 38.8 Å². The summed E-state index contributed by atoms with van der Waals surface area (Å²) >= 11 is 0. The zero-order valence-corrected chi connectivity index (χ0v) is 10.1. The van der Waals surface area contributed by atoms with Gasteiger partial charge in [0.15, 0.2) is 0 Å². The van der Waals surface area contributed by atoms with Crippen LogP contribution in [0.1, 0.15) is 39.5 Å². The predicted molar refractivity (Wildman–Crippen MR) is 61.7 cm³/mol. The van der Waals surface area contributed by atoms with Crippen LogP contribution in [0, 0.1) is 10.8 Å². The standard InChI is InChI=1S/C12H25NO2/c1-3-11(4-2,9-14)7-13-8-12(10-15)5-6-12/h13-15H,3-10H2,1-2H3. The van der Waals surface area contributed by atoms with E-state index in [9.17, 15) is 5.11 Å². The lowest BCUT2D eigenvalue weighted by Crippen LogP contribution is -2.39. The average Bonchev–Trinajstić information content (AvgIpc) is 3.06. The molecule has 3 nitrogen and oxygen atoms in total. The Labute approximate surface area is 92.9 Å². The number of hydrogen-bond donors (Lipinski definition) is 3. The first-order valence-electron chi connectivity index (χ1n) is 6.08. The summed E-state index contributed by atoms with van der Waals surface area (Å²) in [5.74, 6) is 0. The maximum absolute atomic E-state index is 9.39. The van der Waals surface area contributed by atoms with Gasteiger partial charge in [-0.3, -0.25) is 0 Å². The maximum atomic E-state index is 9.39. The monoisotopic (exact) mass is 215 g/mol. The van der Waals surface area contributed by atoms with Crippen molar-refractivity contribution in [2.45, 2.75) is 39.5 Å². The largest absolute Gasteiger partial charge is 0.396 e. The van der Waals surface area contributed by atoms with Gasteiger partial charge in [-0.05, 0) is 25.7 Å². The molecule has 0 aliphatic heterocycles. The fourth-order valence-corrected chi connectivity index (χ4v) is 1.94. The Morgan fingerprint density at radius 2 is 1.80 bits per heavy atom. The van der Waals surface area contributed by atoms with Crippen molar-refractivity contribution in [2.24, 2.45) is 10.8 Å². The van der Waals surface area contributed by atoms with Crippen molar-refractivity contribution >= 4 is 0 Å². The molecule has 0 amide bonds. The topological polar surface area (TPSA) is 52.5 Å². The summed E-state index contributed by atoms with van der Waals surface area (Å²) in [5, 5.41) is 22.0. The van der Waals surface area contributed by atoms with E-state index in [1.54, 1.807) is 0 Å². The highest BCUT2D eigenvalue weighted by molar-refractivity contribution is 4.94. The number of aliphatic hydroxyl groups excluding tert-OH is 2. The fraction of sp³-hybridized carbons (Fsp3) is 1.00. The summed E-state index contributed by atoms with van der Waals surface area (Å²) in [7, 11) is 0. The molecule has 0 bridgehead atoms. The molecular weight excluding hydrogens is 190 g/mol. The van der Waals surface area contributed by atoms with Crippen LogP contribution in [-0.4, -0.2) is 36.5 Å². The minimum absolute atomic E-state index is 0.0333. The molecule has 0 saturated heterocycles. The molecule has 0 aromatic rings. The minimum atomic E-state index is 0.0333. The first kappa shape index (κ1) is 12.9. The van der Waals surface area contributed by atoms with E-state index in [-0.39, 0.29) is 17.4 Å². The van der Waals surface area contributed by atoms with Gasteiger partial charge in [0.1, 0.15) is 0 Å². The van der Waals surface area contributed by atoms with Gasteiger partial charge in [-0.1, -0.05) is 13.8 Å². The van der Waals surface area contributed by atoms with Crippen LogP contribution in [0.25, 0.3) is 0 Å². The van der Waals surface area contributed by atoms with E-state index < -0.39 is 0 Å². The van der Waals surface area contributed by atoms with Crippen molar-refractivity contribution in [3.05, 3.63) is 0 Å². The SMILES string of the molecule is CCC(CC)(CO)CNCC1(CO)CC1. The summed E-state index contributed by atoms with van der Waals surface area (Å²) in [6.45, 7) is 6.55. The molecule has 1 aliphatic rings. The molecular formula is C12H25NO2. The molecule has 0 spiro atoms. The van der Waals surface area contributed by atoms with E-state index in [1.807, 2.05) is 0 Å². The first-order chi connectivity index (χ1) is 7.16. The Morgan fingerprint density at radius 3 is 2.13 bits per heavy atom. The summed E-state index contributed by atoms with van der Waals surface area (Å²) in [5.41, 5.74) is 0.203. The lowest BCUT2D eigenvalue weighted by atomic mass is 9.83. The molecule has 0 aromatic heterocycles. The second kappa shape index (κ2) is 5.28. The zero-order chi connectivity index (χ0) is 11.4. The van der Waals surface area contributed by atoms with E-state index in [2.05, 4.69) is 19.2 Å². The Bertz CT molecular complexity index is 178. The van der Waals surface area contributed by atoms with Crippen LogP contribution in [0.5, 0.6) is 0 Å². The first-order valence-corrected chi connectivity index (χ1v) is 6.08. The lowest BCUT2D eigenvalue weighted by molar-refractivity contribution is 0.109. The predicted octanol–water partition coefficient (Wildman–Crippen LogP) is 1.15. The van der Waals surface area contributed by atoms with Crippen molar-refractivity contribution in [3.63, 3.8) is 0 Å². The summed E-state index contributed by atoms with van der Waals surface area (Å²) in [6.07, 6.45) is 4.28. The molecule has 0 radical (unpaired) electrons. The lowest BCUT2D eigenvalue weighted by Gasteiger charge is -2.30. The van der Waals surface area contributed by atoms with Crippen LogP contribution in [0.2, 0.25) is 0 Å². The van der Waals surface area contributed by atoms with Gasteiger partial charge in [0, 0.05) is 37.1 Å². The molecule has 1 saturated carbocycles. The van der Waals surface area contributed by atoms with Gasteiger partial charge >= 0.3 is 0 Å². The molecule has 3 heteroatoms. The smallest absolute Gasteiger partial charge is 0.0499 e. The van der Waals surface area contributed by atoms with Gasteiger partial charge in [-0.25, -0.2) is 0 Å². The Morgan fingerprint density at radius 1 is 1.20 bits per heavy atom. The van der Waals surface area contributed by atoms with Gasteiger partial charge in [-0.15, -0.1) is 0 Å². The number of aliphatic hydroxyl groups is 2. The van der Waals surface area contributed by atoms with Crippen LogP contribution in [0.15, 0.2) is 0 Å². The molecule has 1 fully saturated rings. The molecule has 0 atom stereocenters. The highest BCUT2D eigenvalue weighted by Gasteiger charge is 2.41. The van der Waals surface area contributed by atoms with E-state index in [1.165, 1.54) is 0 Å². The minimum Gasteiger partial charge on any atom is -0.396 e. The summed E-state index contributed by atoms with van der Waals surface area (Å²) < 4.78 is 0. The quantitative estimate of drug-likeness (QED) is 0.569. The van der Waals surface area contributed by atoms with Crippen molar-refractivity contribution < 1.29 is 10.2 Å². The third-order valence-corrected chi connectivity index (χ3v) is 4.13. The molecule has 3 N–H and O–H groups in total. The molecule has 90 valence electrons. The zero-order valence-electron chi connectivity index (χ0n) is 10.1. The molecule has 0 aromatic carbocycles. The molecule has 1 aliphatic carbocycles. The van der Waals surface area contributed by atoms with E-state index >= 15 is 0 Å². The van der Waals surface area contributed by atoms with Crippen molar-refractivity contribution in [1.82, 2.24) is 5.32 Å². The van der Waals surface area contributed by atoms with Crippen LogP contribution >= 0.6 is 0 Å². The van der Waals surface area contributed by atoms with Gasteiger partial charge in [0.2, 0.25) is 0 Å². The molecule has 0 unspecified atom stereocenters. The van der Waals surface area contributed by atoms with Crippen molar-refractivity contribution in [3.8, 4) is 0 Å². The number of nitrogens with one attached hydrogen (secondary N) is 1. The molecule has 1 rings (SSSR count). The molecule has 15 heavy (non-hydrogen) atoms. The highest BCUT2D eigenvalue weighted by Crippen LogP contribution is 2.44. The normalized spacial score (nSPS) is 19.2. The Hall–Kier alpha value is -0.120. The second-order valence-electron chi connectivity index (χ2n) is 5.13. The van der Waals surface area contributed by atoms with Crippen LogP contribution in [0.3, 0.4) is 0 Å². The van der Waals surface area contributed by atoms with Crippen LogP contribution in [0.4, 0.5) is 0 Å². The maximum Gasteiger partial charge on any atom is 0.0499 e.